The summed E-state index contributed by atoms with van der Waals surface area (Å²) in [6.07, 6.45) is 1.35. The number of carbonyl (C=O) groups excluding carboxylic acids is 2. The minimum Gasteiger partial charge on any atom is -0.467 e. The molecule has 0 bridgehead atoms. The number of rotatable bonds is 5. The van der Waals surface area contributed by atoms with E-state index in [0.29, 0.717) is 16.8 Å². The van der Waals surface area contributed by atoms with Crippen LogP contribution in [0.2, 0.25) is 0 Å². The molecule has 0 spiro atoms. The predicted octanol–water partition coefficient (Wildman–Crippen LogP) is 1.71. The summed E-state index contributed by atoms with van der Waals surface area (Å²) in [5, 5.41) is 8.99. The lowest BCUT2D eigenvalue weighted by Crippen LogP contribution is -2.28. The van der Waals surface area contributed by atoms with E-state index in [0.717, 1.165) is 0 Å². The number of aryl methyl sites for hydroxylation is 1. The first kappa shape index (κ1) is 18.1. The summed E-state index contributed by atoms with van der Waals surface area (Å²) in [6, 6.07) is 3.73. The summed E-state index contributed by atoms with van der Waals surface area (Å²) in [6.45, 7) is 3.20. The molecule has 1 aromatic carbocycles. The second-order valence-corrected chi connectivity index (χ2v) is 5.66. The van der Waals surface area contributed by atoms with Crippen molar-refractivity contribution in [3.63, 3.8) is 0 Å². The number of anilines is 2. The molecule has 0 radical (unpaired) electrons. The quantitative estimate of drug-likeness (QED) is 0.641. The fourth-order valence-corrected chi connectivity index (χ4v) is 2.45. The number of nitrogens with zero attached hydrogens (tertiary/aromatic N) is 2. The van der Waals surface area contributed by atoms with Crippen molar-refractivity contribution in [2.75, 3.05) is 17.7 Å². The van der Waals surface area contributed by atoms with E-state index < -0.39 is 23.5 Å². The molecular weight excluding hydrogens is 356 g/mol. The van der Waals surface area contributed by atoms with Gasteiger partial charge in [0.25, 0.3) is 11.9 Å². The molecule has 27 heavy (non-hydrogen) atoms. The lowest BCUT2D eigenvalue weighted by molar-refractivity contribution is -0.141. The van der Waals surface area contributed by atoms with Gasteiger partial charge in [0.15, 0.2) is 0 Å². The molecule has 10 heteroatoms. The van der Waals surface area contributed by atoms with Crippen LogP contribution < -0.4 is 16.3 Å². The van der Waals surface area contributed by atoms with E-state index in [2.05, 4.69) is 25.5 Å². The molecule has 0 aliphatic carbocycles. The predicted molar refractivity (Wildman–Crippen MR) is 94.6 cm³/mol. The van der Waals surface area contributed by atoms with Crippen LogP contribution in [0.3, 0.4) is 0 Å². The van der Waals surface area contributed by atoms with Crippen LogP contribution in [0.15, 0.2) is 38.1 Å². The highest BCUT2D eigenvalue weighted by molar-refractivity contribution is 6.04. The molecule has 0 aliphatic rings. The van der Waals surface area contributed by atoms with Gasteiger partial charge in [-0.3, -0.25) is 4.79 Å². The highest BCUT2D eigenvalue weighted by atomic mass is 16.5. The Bertz CT molecular complexity index is 1060. The Morgan fingerprint density at radius 1 is 1.26 bits per heavy atom. The number of fused-ring (bicyclic) bond motifs is 1. The molecule has 0 saturated heterocycles. The minimum absolute atomic E-state index is 0.0380. The van der Waals surface area contributed by atoms with Crippen molar-refractivity contribution in [3.05, 3.63) is 46.1 Å². The summed E-state index contributed by atoms with van der Waals surface area (Å²) < 4.78 is 14.5. The third-order valence-electron chi connectivity index (χ3n) is 3.86. The van der Waals surface area contributed by atoms with E-state index in [4.69, 9.17) is 8.94 Å². The largest absolute Gasteiger partial charge is 0.467 e. The Kier molecular flexibility index (Phi) is 4.88. The summed E-state index contributed by atoms with van der Waals surface area (Å²) in [4.78, 5) is 40.2. The number of benzene rings is 1. The van der Waals surface area contributed by atoms with Gasteiger partial charge >= 0.3 is 11.6 Å². The number of aromatic nitrogens is 2. The van der Waals surface area contributed by atoms with Crippen LogP contribution >= 0.6 is 0 Å². The number of ether oxygens (including phenoxy) is 1. The van der Waals surface area contributed by atoms with Crippen LogP contribution in [0.1, 0.15) is 23.0 Å². The molecule has 0 unspecified atom stereocenters. The first-order valence-corrected chi connectivity index (χ1v) is 7.91. The number of amides is 1. The van der Waals surface area contributed by atoms with Crippen molar-refractivity contribution in [2.45, 2.75) is 19.9 Å². The smallest absolute Gasteiger partial charge is 0.348 e. The lowest BCUT2D eigenvalue weighted by atomic mass is 10.1. The van der Waals surface area contributed by atoms with Crippen molar-refractivity contribution in [1.82, 2.24) is 10.1 Å². The van der Waals surface area contributed by atoms with Gasteiger partial charge < -0.3 is 24.3 Å². The average molecular weight is 372 g/mol. The SMILES string of the molecule is COC(=O)[C@H](C)Nc1nc2ccc(NC(=O)c3ccno3)c(C)c2c(=O)o1. The van der Waals surface area contributed by atoms with E-state index in [1.165, 1.54) is 19.4 Å². The van der Waals surface area contributed by atoms with Gasteiger partial charge in [-0.05, 0) is 31.5 Å². The van der Waals surface area contributed by atoms with Crippen molar-refractivity contribution in [2.24, 2.45) is 0 Å². The molecule has 1 amide bonds. The first-order chi connectivity index (χ1) is 12.9. The van der Waals surface area contributed by atoms with Gasteiger partial charge in [-0.2, -0.15) is 4.98 Å². The normalized spacial score (nSPS) is 11.8. The van der Waals surface area contributed by atoms with Gasteiger partial charge in [-0.25, -0.2) is 9.59 Å². The van der Waals surface area contributed by atoms with Crippen LogP contribution in [0.4, 0.5) is 11.7 Å². The van der Waals surface area contributed by atoms with E-state index in [1.807, 2.05) is 0 Å². The highest BCUT2D eigenvalue weighted by Gasteiger charge is 2.18. The number of carbonyl (C=O) groups is 2. The third kappa shape index (κ3) is 3.64. The minimum atomic E-state index is -0.746. The second kappa shape index (κ2) is 7.28. The van der Waals surface area contributed by atoms with Gasteiger partial charge in [-0.1, -0.05) is 5.16 Å². The third-order valence-corrected chi connectivity index (χ3v) is 3.86. The van der Waals surface area contributed by atoms with Crippen LogP contribution in [0.25, 0.3) is 10.9 Å². The number of hydrogen-bond acceptors (Lipinski definition) is 9. The number of nitrogens with one attached hydrogen (secondary N) is 2. The number of methoxy groups -OCH3 is 1. The fraction of sp³-hybridized carbons (Fsp3) is 0.235. The molecule has 2 aromatic heterocycles. The molecule has 0 fully saturated rings. The molecule has 2 heterocycles. The zero-order valence-electron chi connectivity index (χ0n) is 14.7. The second-order valence-electron chi connectivity index (χ2n) is 5.66. The summed E-state index contributed by atoms with van der Waals surface area (Å²) in [5.41, 5.74) is 0.574. The molecule has 1 atom stereocenters. The monoisotopic (exact) mass is 372 g/mol. The average Bonchev–Trinajstić information content (AvgIpc) is 3.17. The van der Waals surface area contributed by atoms with Crippen LogP contribution in [0, 0.1) is 6.92 Å². The van der Waals surface area contributed by atoms with Crippen molar-refractivity contribution in [1.29, 1.82) is 0 Å². The molecular formula is C17H16N4O6. The van der Waals surface area contributed by atoms with E-state index >= 15 is 0 Å². The van der Waals surface area contributed by atoms with Crippen molar-refractivity contribution in [3.8, 4) is 0 Å². The van der Waals surface area contributed by atoms with Gasteiger partial charge in [0.05, 0.1) is 24.2 Å². The van der Waals surface area contributed by atoms with E-state index in [-0.39, 0.29) is 17.2 Å². The summed E-state index contributed by atoms with van der Waals surface area (Å²) in [7, 11) is 1.25. The zero-order valence-corrected chi connectivity index (χ0v) is 14.7. The molecule has 140 valence electrons. The lowest BCUT2D eigenvalue weighted by Gasteiger charge is -2.12. The van der Waals surface area contributed by atoms with E-state index in [1.54, 1.807) is 26.0 Å². The Morgan fingerprint density at radius 3 is 2.70 bits per heavy atom. The van der Waals surface area contributed by atoms with Crippen LogP contribution in [0.5, 0.6) is 0 Å². The Balaban J connectivity index is 1.93. The van der Waals surface area contributed by atoms with Gasteiger partial charge in [0.1, 0.15) is 6.04 Å². The van der Waals surface area contributed by atoms with Crippen molar-refractivity contribution < 1.29 is 23.3 Å². The molecule has 2 N–H and O–H groups in total. The van der Waals surface area contributed by atoms with E-state index in [9.17, 15) is 14.4 Å². The topological polar surface area (TPSA) is 137 Å². The Hall–Kier alpha value is -3.69. The number of hydrogen-bond donors (Lipinski definition) is 2. The molecule has 3 aromatic rings. The van der Waals surface area contributed by atoms with Crippen LogP contribution in [-0.4, -0.2) is 35.2 Å². The summed E-state index contributed by atoms with van der Waals surface area (Å²) >= 11 is 0. The number of esters is 1. The zero-order chi connectivity index (χ0) is 19.6. The Labute approximate surface area is 152 Å². The molecule has 3 rings (SSSR count). The molecule has 0 saturated carbocycles. The van der Waals surface area contributed by atoms with Gasteiger partial charge in [-0.15, -0.1) is 0 Å². The maximum Gasteiger partial charge on any atom is 0.348 e. The van der Waals surface area contributed by atoms with Crippen LogP contribution in [-0.2, 0) is 9.53 Å². The highest BCUT2D eigenvalue weighted by Crippen LogP contribution is 2.23. The van der Waals surface area contributed by atoms with Crippen molar-refractivity contribution >= 4 is 34.5 Å². The maximum atomic E-state index is 12.4. The van der Waals surface area contributed by atoms with Gasteiger partial charge in [0, 0.05) is 11.8 Å². The molecule has 0 aliphatic heterocycles. The fourth-order valence-electron chi connectivity index (χ4n) is 2.45. The van der Waals surface area contributed by atoms with Gasteiger partial charge in [0.2, 0.25) is 5.76 Å². The Morgan fingerprint density at radius 2 is 2.04 bits per heavy atom. The molecule has 10 nitrogen and oxygen atoms in total. The summed E-state index contributed by atoms with van der Waals surface area (Å²) in [5.74, 6) is -0.991. The standard InChI is InChI=1S/C17H16N4O6/c1-8-10(20-14(22)12-6-7-18-27-12)4-5-11-13(8)16(24)26-17(21-11)19-9(2)15(23)25-3/h4-7,9H,1-3H3,(H,19,21)(H,20,22)/t9-/m0/s1. The maximum absolute atomic E-state index is 12.4. The first-order valence-electron chi connectivity index (χ1n) is 7.91.